The van der Waals surface area contributed by atoms with E-state index in [0.717, 1.165) is 25.3 Å². The Morgan fingerprint density at radius 2 is 2.06 bits per heavy atom. The highest BCUT2D eigenvalue weighted by Gasteiger charge is 2.11. The van der Waals surface area contributed by atoms with Gasteiger partial charge in [-0.2, -0.15) is 0 Å². The van der Waals surface area contributed by atoms with Crippen LogP contribution in [0.15, 0.2) is 24.3 Å². The van der Waals surface area contributed by atoms with E-state index in [1.165, 1.54) is 37.1 Å². The van der Waals surface area contributed by atoms with Gasteiger partial charge in [0.05, 0.1) is 0 Å². The van der Waals surface area contributed by atoms with E-state index in [1.54, 1.807) is 0 Å². The molecule has 0 aromatic heterocycles. The molecule has 2 nitrogen and oxygen atoms in total. The van der Waals surface area contributed by atoms with Gasteiger partial charge in [-0.05, 0) is 55.6 Å². The SMILES string of the molecule is C1=Cc2ccc(OCCN3CCCC3)cc2C1. The number of nitrogens with zero attached hydrogens (tertiary/aromatic N) is 1. The van der Waals surface area contributed by atoms with Crippen molar-refractivity contribution in [3.05, 3.63) is 35.4 Å². The molecule has 1 aliphatic heterocycles. The summed E-state index contributed by atoms with van der Waals surface area (Å²) >= 11 is 0. The van der Waals surface area contributed by atoms with Crippen LogP contribution in [0.5, 0.6) is 5.75 Å². The van der Waals surface area contributed by atoms with Gasteiger partial charge in [-0.25, -0.2) is 0 Å². The van der Waals surface area contributed by atoms with Crippen LogP contribution >= 0.6 is 0 Å². The van der Waals surface area contributed by atoms with Crippen LogP contribution in [-0.2, 0) is 6.42 Å². The number of benzene rings is 1. The Bertz CT molecular complexity index is 419. The second-order valence-electron chi connectivity index (χ2n) is 4.86. The first kappa shape index (κ1) is 10.8. The molecule has 1 aromatic rings. The Balaban J connectivity index is 1.51. The van der Waals surface area contributed by atoms with Crippen LogP contribution in [0.2, 0.25) is 0 Å². The lowest BCUT2D eigenvalue weighted by molar-refractivity contribution is 0.237. The molecule has 0 saturated carbocycles. The predicted octanol–water partition coefficient (Wildman–Crippen LogP) is 2.73. The topological polar surface area (TPSA) is 12.5 Å². The van der Waals surface area contributed by atoms with E-state index in [4.69, 9.17) is 4.74 Å². The van der Waals surface area contributed by atoms with Gasteiger partial charge in [0, 0.05) is 6.54 Å². The highest BCUT2D eigenvalue weighted by Crippen LogP contribution is 2.24. The van der Waals surface area contributed by atoms with Gasteiger partial charge in [0.1, 0.15) is 12.4 Å². The van der Waals surface area contributed by atoms with Crippen molar-refractivity contribution in [3.8, 4) is 5.75 Å². The van der Waals surface area contributed by atoms with E-state index in [1.807, 2.05) is 0 Å². The van der Waals surface area contributed by atoms with E-state index >= 15 is 0 Å². The molecule has 0 amide bonds. The van der Waals surface area contributed by atoms with Gasteiger partial charge in [-0.3, -0.25) is 4.90 Å². The van der Waals surface area contributed by atoms with Gasteiger partial charge < -0.3 is 4.74 Å². The average Bonchev–Trinajstić information content (AvgIpc) is 2.98. The number of allylic oxidation sites excluding steroid dienone is 1. The monoisotopic (exact) mass is 229 g/mol. The molecule has 0 N–H and O–H groups in total. The third kappa shape index (κ3) is 2.52. The third-order valence-electron chi connectivity index (χ3n) is 3.62. The van der Waals surface area contributed by atoms with E-state index in [-0.39, 0.29) is 0 Å². The van der Waals surface area contributed by atoms with Crippen molar-refractivity contribution in [2.75, 3.05) is 26.2 Å². The molecule has 1 aromatic carbocycles. The second kappa shape index (κ2) is 4.92. The maximum absolute atomic E-state index is 5.82. The van der Waals surface area contributed by atoms with E-state index < -0.39 is 0 Å². The molecule has 0 spiro atoms. The molecule has 0 unspecified atom stereocenters. The molecular formula is C15H19NO. The van der Waals surface area contributed by atoms with Crippen LogP contribution in [0.25, 0.3) is 6.08 Å². The standard InChI is InChI=1S/C15H19NO/c1-2-9-16(8-1)10-11-17-15-7-6-13-4-3-5-14(13)12-15/h3-4,6-7,12H,1-2,5,8-11H2. The van der Waals surface area contributed by atoms with Crippen molar-refractivity contribution >= 4 is 6.08 Å². The van der Waals surface area contributed by atoms with Gasteiger partial charge >= 0.3 is 0 Å². The van der Waals surface area contributed by atoms with Crippen LogP contribution in [0.4, 0.5) is 0 Å². The molecule has 1 fully saturated rings. The summed E-state index contributed by atoms with van der Waals surface area (Å²) in [5.41, 5.74) is 2.74. The fourth-order valence-corrected chi connectivity index (χ4v) is 2.62. The zero-order chi connectivity index (χ0) is 11.5. The fraction of sp³-hybridized carbons (Fsp3) is 0.467. The third-order valence-corrected chi connectivity index (χ3v) is 3.62. The fourth-order valence-electron chi connectivity index (χ4n) is 2.62. The van der Waals surface area contributed by atoms with Crippen LogP contribution in [0, 0.1) is 0 Å². The Labute approximate surface area is 103 Å². The first-order chi connectivity index (χ1) is 8.42. The summed E-state index contributed by atoms with van der Waals surface area (Å²) in [5.74, 6) is 1.02. The molecule has 17 heavy (non-hydrogen) atoms. The molecule has 3 rings (SSSR count). The maximum atomic E-state index is 5.82. The Morgan fingerprint density at radius 1 is 1.18 bits per heavy atom. The quantitative estimate of drug-likeness (QED) is 0.787. The number of ether oxygens (including phenoxy) is 1. The van der Waals surface area contributed by atoms with E-state index in [0.29, 0.717) is 0 Å². The highest BCUT2D eigenvalue weighted by molar-refractivity contribution is 5.61. The van der Waals surface area contributed by atoms with Gasteiger partial charge in [-0.1, -0.05) is 18.2 Å². The van der Waals surface area contributed by atoms with Gasteiger partial charge in [0.2, 0.25) is 0 Å². The molecule has 1 aliphatic carbocycles. The van der Waals surface area contributed by atoms with Gasteiger partial charge in [0.15, 0.2) is 0 Å². The lowest BCUT2D eigenvalue weighted by atomic mass is 10.1. The Hall–Kier alpha value is -1.28. The smallest absolute Gasteiger partial charge is 0.119 e. The summed E-state index contributed by atoms with van der Waals surface area (Å²) in [4.78, 5) is 2.48. The summed E-state index contributed by atoms with van der Waals surface area (Å²) in [6.07, 6.45) is 8.15. The van der Waals surface area contributed by atoms with Gasteiger partial charge in [0.25, 0.3) is 0 Å². The van der Waals surface area contributed by atoms with Crippen molar-refractivity contribution in [2.24, 2.45) is 0 Å². The van der Waals surface area contributed by atoms with Crippen LogP contribution in [-0.4, -0.2) is 31.1 Å². The molecular weight excluding hydrogens is 210 g/mol. The number of hydrogen-bond acceptors (Lipinski definition) is 2. The minimum Gasteiger partial charge on any atom is -0.492 e. The summed E-state index contributed by atoms with van der Waals surface area (Å²) in [6.45, 7) is 4.37. The number of rotatable bonds is 4. The minimum atomic E-state index is 0.812. The van der Waals surface area contributed by atoms with E-state index in [9.17, 15) is 0 Å². The highest BCUT2D eigenvalue weighted by atomic mass is 16.5. The molecule has 0 bridgehead atoms. The zero-order valence-electron chi connectivity index (χ0n) is 10.2. The summed E-state index contributed by atoms with van der Waals surface area (Å²) in [5, 5.41) is 0. The first-order valence-corrected chi connectivity index (χ1v) is 6.56. The van der Waals surface area contributed by atoms with Gasteiger partial charge in [-0.15, -0.1) is 0 Å². The number of likely N-dealkylation sites (tertiary alicyclic amines) is 1. The van der Waals surface area contributed by atoms with Crippen molar-refractivity contribution in [2.45, 2.75) is 19.3 Å². The van der Waals surface area contributed by atoms with Crippen molar-refractivity contribution in [1.82, 2.24) is 4.90 Å². The van der Waals surface area contributed by atoms with Crippen molar-refractivity contribution in [3.63, 3.8) is 0 Å². The average molecular weight is 229 g/mol. The molecule has 2 heteroatoms. The first-order valence-electron chi connectivity index (χ1n) is 6.56. The van der Waals surface area contributed by atoms with Crippen LogP contribution < -0.4 is 4.74 Å². The summed E-state index contributed by atoms with van der Waals surface area (Å²) in [7, 11) is 0. The lowest BCUT2D eigenvalue weighted by Gasteiger charge is -2.15. The Morgan fingerprint density at radius 3 is 2.94 bits per heavy atom. The predicted molar refractivity (Wildman–Crippen MR) is 70.3 cm³/mol. The van der Waals surface area contributed by atoms with Crippen molar-refractivity contribution in [1.29, 1.82) is 0 Å². The maximum Gasteiger partial charge on any atom is 0.119 e. The zero-order valence-corrected chi connectivity index (χ0v) is 10.2. The molecule has 2 aliphatic rings. The number of fused-ring (bicyclic) bond motifs is 1. The number of hydrogen-bond donors (Lipinski definition) is 0. The molecule has 0 radical (unpaired) electrons. The minimum absolute atomic E-state index is 0.812. The lowest BCUT2D eigenvalue weighted by Crippen LogP contribution is -2.25. The summed E-state index contributed by atoms with van der Waals surface area (Å²) < 4.78 is 5.82. The normalized spacial score (nSPS) is 18.6. The van der Waals surface area contributed by atoms with E-state index in [2.05, 4.69) is 35.3 Å². The summed E-state index contributed by atoms with van der Waals surface area (Å²) in [6, 6.07) is 6.42. The molecule has 0 atom stereocenters. The Kier molecular flexibility index (Phi) is 3.14. The molecule has 1 saturated heterocycles. The van der Waals surface area contributed by atoms with Crippen molar-refractivity contribution < 1.29 is 4.74 Å². The largest absolute Gasteiger partial charge is 0.492 e. The molecule has 90 valence electrons. The van der Waals surface area contributed by atoms with Crippen LogP contribution in [0.1, 0.15) is 24.0 Å². The molecule has 1 heterocycles. The second-order valence-corrected chi connectivity index (χ2v) is 4.86. The van der Waals surface area contributed by atoms with Crippen LogP contribution in [0.3, 0.4) is 0 Å².